The van der Waals surface area contributed by atoms with E-state index in [0.29, 0.717) is 12.0 Å². The first-order valence-corrected chi connectivity index (χ1v) is 7.51. The van der Waals surface area contributed by atoms with Gasteiger partial charge >= 0.3 is 5.97 Å². The molecule has 1 aromatic carbocycles. The molecule has 2 rings (SSSR count). The molecule has 3 heteroatoms. The van der Waals surface area contributed by atoms with Crippen molar-refractivity contribution in [2.75, 3.05) is 0 Å². The van der Waals surface area contributed by atoms with Gasteiger partial charge in [-0.1, -0.05) is 62.9 Å². The minimum atomic E-state index is -0.577. The van der Waals surface area contributed by atoms with Crippen LogP contribution in [0.4, 0.5) is 0 Å². The third-order valence-corrected chi connectivity index (χ3v) is 3.86. The molecule has 1 aliphatic heterocycles. The number of carbonyl (C=O) groups excluding carboxylic acids is 2. The Balaban J connectivity index is 1.97. The van der Waals surface area contributed by atoms with Crippen LogP contribution >= 0.6 is 0 Å². The minimum absolute atomic E-state index is 0.0482. The molecular formula is C17H22O3. The van der Waals surface area contributed by atoms with Crippen molar-refractivity contribution in [1.29, 1.82) is 0 Å². The van der Waals surface area contributed by atoms with E-state index in [0.717, 1.165) is 19.3 Å². The number of hydrogen-bond donors (Lipinski definition) is 0. The van der Waals surface area contributed by atoms with Crippen LogP contribution < -0.4 is 0 Å². The van der Waals surface area contributed by atoms with E-state index in [1.807, 2.05) is 18.2 Å². The van der Waals surface area contributed by atoms with Crippen molar-refractivity contribution < 1.29 is 14.3 Å². The van der Waals surface area contributed by atoms with Crippen LogP contribution in [0.1, 0.15) is 55.8 Å². The predicted octanol–water partition coefficient (Wildman–Crippen LogP) is 3.77. The van der Waals surface area contributed by atoms with Crippen LogP contribution in [-0.4, -0.2) is 17.9 Å². The average Bonchev–Trinajstić information content (AvgIpc) is 2.85. The summed E-state index contributed by atoms with van der Waals surface area (Å²) >= 11 is 0. The first-order chi connectivity index (χ1) is 9.72. The summed E-state index contributed by atoms with van der Waals surface area (Å²) in [5.74, 6) is -0.247. The molecule has 1 saturated heterocycles. The van der Waals surface area contributed by atoms with Gasteiger partial charge in [-0.3, -0.25) is 9.59 Å². The molecule has 0 aromatic heterocycles. The van der Waals surface area contributed by atoms with Gasteiger partial charge in [0.2, 0.25) is 5.78 Å². The number of cyclic esters (lactones) is 1. The summed E-state index contributed by atoms with van der Waals surface area (Å²) in [6.45, 7) is 2.17. The molecule has 2 atom stereocenters. The molecule has 108 valence electrons. The minimum Gasteiger partial charge on any atom is -0.454 e. The number of ether oxygens (including phenoxy) is 1. The molecule has 0 amide bonds. The van der Waals surface area contributed by atoms with Gasteiger partial charge < -0.3 is 4.74 Å². The van der Waals surface area contributed by atoms with Crippen LogP contribution in [0.25, 0.3) is 0 Å². The zero-order chi connectivity index (χ0) is 14.4. The Kier molecular flexibility index (Phi) is 5.33. The lowest BCUT2D eigenvalue weighted by atomic mass is 9.90. The molecular weight excluding hydrogens is 252 g/mol. The van der Waals surface area contributed by atoms with E-state index < -0.39 is 6.10 Å². The maximum atomic E-state index is 12.4. The first-order valence-electron chi connectivity index (χ1n) is 7.51. The highest BCUT2D eigenvalue weighted by Gasteiger charge is 2.39. The summed E-state index contributed by atoms with van der Waals surface area (Å²) in [6, 6.07) is 9.10. The van der Waals surface area contributed by atoms with E-state index in [1.54, 1.807) is 12.1 Å². The third-order valence-electron chi connectivity index (χ3n) is 3.86. The second kappa shape index (κ2) is 7.22. The lowest BCUT2D eigenvalue weighted by molar-refractivity contribution is -0.140. The van der Waals surface area contributed by atoms with E-state index in [9.17, 15) is 9.59 Å². The number of esters is 1. The summed E-state index contributed by atoms with van der Waals surface area (Å²) in [6.07, 6.45) is 5.32. The number of Topliss-reactive ketones (excluding diaryl/α,β-unsaturated/α-hetero) is 1. The topological polar surface area (TPSA) is 43.4 Å². The second-order valence-corrected chi connectivity index (χ2v) is 5.45. The van der Waals surface area contributed by atoms with E-state index in [1.165, 1.54) is 12.8 Å². The first kappa shape index (κ1) is 14.8. The Hall–Kier alpha value is -1.64. The van der Waals surface area contributed by atoms with E-state index in [4.69, 9.17) is 4.74 Å². The molecule has 0 saturated carbocycles. The summed E-state index contributed by atoms with van der Waals surface area (Å²) in [5.41, 5.74) is 0.630. The number of hydrogen-bond acceptors (Lipinski definition) is 3. The number of benzene rings is 1. The van der Waals surface area contributed by atoms with Crippen molar-refractivity contribution >= 4 is 11.8 Å². The fourth-order valence-electron chi connectivity index (χ4n) is 2.73. The Morgan fingerprint density at radius 3 is 2.65 bits per heavy atom. The Morgan fingerprint density at radius 1 is 1.20 bits per heavy atom. The second-order valence-electron chi connectivity index (χ2n) is 5.45. The van der Waals surface area contributed by atoms with E-state index >= 15 is 0 Å². The van der Waals surface area contributed by atoms with Gasteiger partial charge in [0.05, 0.1) is 6.42 Å². The maximum absolute atomic E-state index is 12.4. The third kappa shape index (κ3) is 3.69. The molecule has 1 aliphatic rings. The molecule has 0 spiro atoms. The number of carbonyl (C=O) groups is 2. The zero-order valence-electron chi connectivity index (χ0n) is 12.0. The fraction of sp³-hybridized carbons (Fsp3) is 0.529. The van der Waals surface area contributed by atoms with Crippen molar-refractivity contribution in [2.45, 2.75) is 51.6 Å². The molecule has 0 radical (unpaired) electrons. The molecule has 0 N–H and O–H groups in total. The highest BCUT2D eigenvalue weighted by atomic mass is 16.6. The highest BCUT2D eigenvalue weighted by molar-refractivity contribution is 6.01. The Labute approximate surface area is 120 Å². The Morgan fingerprint density at radius 2 is 1.95 bits per heavy atom. The van der Waals surface area contributed by atoms with Crippen LogP contribution in [0, 0.1) is 5.92 Å². The lowest BCUT2D eigenvalue weighted by Crippen LogP contribution is -2.27. The van der Waals surface area contributed by atoms with Crippen LogP contribution in [0.15, 0.2) is 30.3 Å². The summed E-state index contributed by atoms with van der Waals surface area (Å²) < 4.78 is 5.26. The quantitative estimate of drug-likeness (QED) is 0.432. The summed E-state index contributed by atoms with van der Waals surface area (Å²) in [5, 5.41) is 0. The zero-order valence-corrected chi connectivity index (χ0v) is 12.0. The largest absolute Gasteiger partial charge is 0.454 e. The molecule has 1 aromatic rings. The number of rotatable bonds is 7. The van der Waals surface area contributed by atoms with Gasteiger partial charge in [-0.2, -0.15) is 0 Å². The molecule has 3 nitrogen and oxygen atoms in total. The van der Waals surface area contributed by atoms with E-state index in [2.05, 4.69) is 6.92 Å². The van der Waals surface area contributed by atoms with Crippen LogP contribution in [0.2, 0.25) is 0 Å². The van der Waals surface area contributed by atoms with Crippen molar-refractivity contribution in [2.24, 2.45) is 5.92 Å². The maximum Gasteiger partial charge on any atom is 0.306 e. The van der Waals surface area contributed by atoms with Crippen LogP contribution in [-0.2, 0) is 9.53 Å². The average molecular weight is 274 g/mol. The van der Waals surface area contributed by atoms with Gasteiger partial charge in [0.25, 0.3) is 0 Å². The monoisotopic (exact) mass is 274 g/mol. The van der Waals surface area contributed by atoms with E-state index in [-0.39, 0.29) is 17.7 Å². The smallest absolute Gasteiger partial charge is 0.306 e. The normalized spacial score (nSPS) is 21.8. The van der Waals surface area contributed by atoms with Crippen molar-refractivity contribution in [3.8, 4) is 0 Å². The van der Waals surface area contributed by atoms with Crippen LogP contribution in [0.3, 0.4) is 0 Å². The summed E-state index contributed by atoms with van der Waals surface area (Å²) in [4.78, 5) is 23.9. The van der Waals surface area contributed by atoms with Crippen molar-refractivity contribution in [1.82, 2.24) is 0 Å². The van der Waals surface area contributed by atoms with Gasteiger partial charge in [-0.05, 0) is 6.42 Å². The van der Waals surface area contributed by atoms with Crippen LogP contribution in [0.5, 0.6) is 0 Å². The molecule has 0 aliphatic carbocycles. The van der Waals surface area contributed by atoms with Crippen molar-refractivity contribution in [3.05, 3.63) is 35.9 Å². The number of unbranched alkanes of at least 4 members (excludes halogenated alkanes) is 3. The van der Waals surface area contributed by atoms with Gasteiger partial charge in [0.15, 0.2) is 6.10 Å². The molecule has 1 heterocycles. The molecule has 2 unspecified atom stereocenters. The highest BCUT2D eigenvalue weighted by Crippen LogP contribution is 2.29. The predicted molar refractivity (Wildman–Crippen MR) is 77.5 cm³/mol. The van der Waals surface area contributed by atoms with Gasteiger partial charge in [-0.15, -0.1) is 0 Å². The Bertz CT molecular complexity index is 453. The van der Waals surface area contributed by atoms with Crippen molar-refractivity contribution in [3.63, 3.8) is 0 Å². The number of ketones is 1. The SMILES string of the molecule is CCCCCCC1CC(=O)OC1C(=O)c1ccccc1. The molecule has 0 bridgehead atoms. The van der Waals surface area contributed by atoms with Gasteiger partial charge in [0, 0.05) is 11.5 Å². The standard InChI is InChI=1S/C17H22O3/c1-2-3-4-6-11-14-12-15(18)20-17(14)16(19)13-9-7-5-8-10-13/h5,7-10,14,17H,2-4,6,11-12H2,1H3. The molecule has 1 fully saturated rings. The lowest BCUT2D eigenvalue weighted by Gasteiger charge is -2.16. The molecule has 20 heavy (non-hydrogen) atoms. The van der Waals surface area contributed by atoms with Gasteiger partial charge in [0.1, 0.15) is 0 Å². The van der Waals surface area contributed by atoms with Gasteiger partial charge in [-0.25, -0.2) is 0 Å². The fourth-order valence-corrected chi connectivity index (χ4v) is 2.73. The summed E-state index contributed by atoms with van der Waals surface area (Å²) in [7, 11) is 0.